The van der Waals surface area contributed by atoms with Crippen molar-refractivity contribution < 1.29 is 42.9 Å². The van der Waals surface area contributed by atoms with E-state index in [4.69, 9.17) is 23.7 Å². The van der Waals surface area contributed by atoms with Crippen LogP contribution in [0.1, 0.15) is 91.5 Å². The zero-order chi connectivity index (χ0) is 31.7. The molecule has 0 radical (unpaired) electrons. The fourth-order valence-corrected chi connectivity index (χ4v) is 4.07. The van der Waals surface area contributed by atoms with Crippen molar-refractivity contribution in [2.24, 2.45) is 0 Å². The maximum absolute atomic E-state index is 12.7. The first kappa shape index (κ1) is 33.8. The highest BCUT2D eigenvalue weighted by atomic mass is 16.5. The molecule has 234 valence electrons. The molecule has 0 saturated carbocycles. The van der Waals surface area contributed by atoms with Crippen LogP contribution in [0.5, 0.6) is 23.0 Å². The minimum atomic E-state index is -0.576. The minimum absolute atomic E-state index is 0.136. The molecule has 0 amide bonds. The molecule has 3 aromatic carbocycles. The van der Waals surface area contributed by atoms with Crippen LogP contribution in [0.4, 0.5) is 0 Å². The molecule has 0 heterocycles. The van der Waals surface area contributed by atoms with Gasteiger partial charge >= 0.3 is 23.9 Å². The lowest BCUT2D eigenvalue weighted by molar-refractivity contribution is -0.143. The third kappa shape index (κ3) is 11.6. The van der Waals surface area contributed by atoms with Gasteiger partial charge in [-0.1, -0.05) is 13.8 Å². The second kappa shape index (κ2) is 18.1. The number of carbonyl (C=O) groups is 4. The lowest BCUT2D eigenvalue weighted by atomic mass is 10.2. The second-order valence-corrected chi connectivity index (χ2v) is 10.2. The summed E-state index contributed by atoms with van der Waals surface area (Å²) < 4.78 is 27.1. The lowest BCUT2D eigenvalue weighted by Gasteiger charge is -2.11. The van der Waals surface area contributed by atoms with Gasteiger partial charge in [-0.05, 0) is 118 Å². The van der Waals surface area contributed by atoms with Crippen molar-refractivity contribution in [1.29, 1.82) is 0 Å². The summed E-state index contributed by atoms with van der Waals surface area (Å²) in [6.07, 6.45) is 5.92. The summed E-state index contributed by atoms with van der Waals surface area (Å²) >= 11 is 0. The predicted octanol–water partition coefficient (Wildman–Crippen LogP) is 7.42. The van der Waals surface area contributed by atoms with Crippen molar-refractivity contribution in [3.8, 4) is 23.0 Å². The standard InChI is InChI=1S/C35H40O9/c1-4-10-32(36)41-23-9-7-6-8-22-40-28-16-12-27(13-17-28)35(39)44-31-21-20-30(24-25(31)3)43-34(38)26-14-18-29(19-15-26)42-33(37)11-5-2/h12-21,24H,4-11,22-23H2,1-3H3. The van der Waals surface area contributed by atoms with E-state index in [0.717, 1.165) is 32.1 Å². The number of hydrogen-bond donors (Lipinski definition) is 0. The van der Waals surface area contributed by atoms with Crippen LogP contribution in [-0.2, 0) is 14.3 Å². The number of unbranched alkanes of at least 4 members (excludes halogenated alkanes) is 3. The van der Waals surface area contributed by atoms with Crippen LogP contribution in [0.3, 0.4) is 0 Å². The van der Waals surface area contributed by atoms with Gasteiger partial charge in [-0.25, -0.2) is 9.59 Å². The van der Waals surface area contributed by atoms with Gasteiger partial charge in [0.15, 0.2) is 0 Å². The lowest BCUT2D eigenvalue weighted by Crippen LogP contribution is -2.11. The third-order valence-electron chi connectivity index (χ3n) is 6.45. The smallest absolute Gasteiger partial charge is 0.343 e. The molecule has 0 saturated heterocycles. The van der Waals surface area contributed by atoms with E-state index >= 15 is 0 Å². The average Bonchev–Trinajstić information content (AvgIpc) is 3.00. The van der Waals surface area contributed by atoms with Gasteiger partial charge in [-0.3, -0.25) is 9.59 Å². The summed E-state index contributed by atoms with van der Waals surface area (Å²) in [6, 6.07) is 17.6. The highest BCUT2D eigenvalue weighted by Gasteiger charge is 2.14. The molecular formula is C35H40O9. The van der Waals surface area contributed by atoms with Crippen LogP contribution < -0.4 is 18.9 Å². The van der Waals surface area contributed by atoms with E-state index in [1.54, 1.807) is 49.4 Å². The Kier molecular flexibility index (Phi) is 13.9. The third-order valence-corrected chi connectivity index (χ3v) is 6.45. The van der Waals surface area contributed by atoms with Gasteiger partial charge in [0.25, 0.3) is 0 Å². The van der Waals surface area contributed by atoms with Gasteiger partial charge in [-0.2, -0.15) is 0 Å². The van der Waals surface area contributed by atoms with Crippen molar-refractivity contribution in [2.75, 3.05) is 13.2 Å². The number of benzene rings is 3. The summed E-state index contributed by atoms with van der Waals surface area (Å²) in [5, 5.41) is 0. The van der Waals surface area contributed by atoms with Gasteiger partial charge in [-0.15, -0.1) is 0 Å². The predicted molar refractivity (Wildman–Crippen MR) is 164 cm³/mol. The maximum atomic E-state index is 12.7. The van der Waals surface area contributed by atoms with Crippen LogP contribution in [0, 0.1) is 6.92 Å². The average molecular weight is 605 g/mol. The van der Waals surface area contributed by atoms with E-state index in [9.17, 15) is 19.2 Å². The molecule has 0 bridgehead atoms. The molecule has 0 aliphatic rings. The fraction of sp³-hybridized carbons (Fsp3) is 0.371. The Bertz CT molecular complexity index is 1380. The molecule has 9 nitrogen and oxygen atoms in total. The van der Waals surface area contributed by atoms with Gasteiger partial charge < -0.3 is 23.7 Å². The van der Waals surface area contributed by atoms with Gasteiger partial charge in [0, 0.05) is 12.8 Å². The molecule has 0 fully saturated rings. The number of esters is 4. The molecule has 0 aromatic heterocycles. The monoisotopic (exact) mass is 604 g/mol. The van der Waals surface area contributed by atoms with Crippen molar-refractivity contribution in [1.82, 2.24) is 0 Å². The van der Waals surface area contributed by atoms with Crippen LogP contribution in [0.25, 0.3) is 0 Å². The Hall–Kier alpha value is -4.66. The van der Waals surface area contributed by atoms with E-state index < -0.39 is 11.9 Å². The quantitative estimate of drug-likeness (QED) is 0.0882. The zero-order valence-electron chi connectivity index (χ0n) is 25.6. The largest absolute Gasteiger partial charge is 0.494 e. The molecule has 0 unspecified atom stereocenters. The number of ether oxygens (including phenoxy) is 5. The topological polar surface area (TPSA) is 114 Å². The molecule has 3 aromatic rings. The molecular weight excluding hydrogens is 564 g/mol. The molecule has 0 spiro atoms. The summed E-state index contributed by atoms with van der Waals surface area (Å²) in [4.78, 5) is 48.3. The van der Waals surface area contributed by atoms with Gasteiger partial charge in [0.1, 0.15) is 23.0 Å². The van der Waals surface area contributed by atoms with Crippen molar-refractivity contribution in [3.05, 3.63) is 83.4 Å². The van der Waals surface area contributed by atoms with Crippen molar-refractivity contribution in [3.63, 3.8) is 0 Å². The number of hydrogen-bond acceptors (Lipinski definition) is 9. The number of rotatable bonds is 17. The molecule has 0 aliphatic carbocycles. The Morgan fingerprint density at radius 3 is 1.73 bits per heavy atom. The normalized spacial score (nSPS) is 10.5. The highest BCUT2D eigenvalue weighted by molar-refractivity contribution is 5.92. The summed E-state index contributed by atoms with van der Waals surface area (Å²) in [5.41, 5.74) is 1.28. The summed E-state index contributed by atoms with van der Waals surface area (Å²) in [7, 11) is 0. The molecule has 9 heteroatoms. The van der Waals surface area contributed by atoms with Crippen molar-refractivity contribution in [2.45, 2.75) is 72.1 Å². The van der Waals surface area contributed by atoms with Gasteiger partial charge in [0.05, 0.1) is 24.3 Å². The number of carbonyl (C=O) groups excluding carboxylic acids is 4. The van der Waals surface area contributed by atoms with Gasteiger partial charge in [0.2, 0.25) is 0 Å². The first-order valence-electron chi connectivity index (χ1n) is 15.0. The van der Waals surface area contributed by atoms with E-state index in [1.165, 1.54) is 24.3 Å². The van der Waals surface area contributed by atoms with E-state index in [0.29, 0.717) is 72.2 Å². The van der Waals surface area contributed by atoms with E-state index in [-0.39, 0.29) is 11.9 Å². The molecule has 0 atom stereocenters. The van der Waals surface area contributed by atoms with E-state index in [2.05, 4.69) is 0 Å². The first-order chi connectivity index (χ1) is 21.3. The van der Waals surface area contributed by atoms with Crippen LogP contribution >= 0.6 is 0 Å². The molecule has 44 heavy (non-hydrogen) atoms. The van der Waals surface area contributed by atoms with Crippen molar-refractivity contribution >= 4 is 23.9 Å². The second-order valence-electron chi connectivity index (χ2n) is 10.2. The Balaban J connectivity index is 1.41. The Morgan fingerprint density at radius 2 is 1.11 bits per heavy atom. The fourth-order valence-electron chi connectivity index (χ4n) is 4.07. The summed E-state index contributed by atoms with van der Waals surface area (Å²) in [6.45, 7) is 6.60. The van der Waals surface area contributed by atoms with Crippen LogP contribution in [0.15, 0.2) is 66.7 Å². The zero-order valence-corrected chi connectivity index (χ0v) is 25.6. The Morgan fingerprint density at radius 1 is 0.568 bits per heavy atom. The molecule has 0 aliphatic heterocycles. The van der Waals surface area contributed by atoms with Crippen LogP contribution in [0.2, 0.25) is 0 Å². The Labute approximate surface area is 258 Å². The highest BCUT2D eigenvalue weighted by Crippen LogP contribution is 2.26. The maximum Gasteiger partial charge on any atom is 0.343 e. The first-order valence-corrected chi connectivity index (χ1v) is 15.0. The van der Waals surface area contributed by atoms with Crippen LogP contribution in [-0.4, -0.2) is 37.1 Å². The minimum Gasteiger partial charge on any atom is -0.494 e. The molecule has 0 N–H and O–H groups in total. The van der Waals surface area contributed by atoms with E-state index in [1.807, 2.05) is 13.8 Å². The summed E-state index contributed by atoms with van der Waals surface area (Å²) in [5.74, 6) is 0.0837. The number of aryl methyl sites for hydroxylation is 1. The SMILES string of the molecule is CCCC(=O)OCCCCCCOc1ccc(C(=O)Oc2ccc(OC(=O)c3ccc(OC(=O)CCC)cc3)cc2C)cc1. The molecule has 3 rings (SSSR count).